The summed E-state index contributed by atoms with van der Waals surface area (Å²) in [6, 6.07) is 0. The van der Waals surface area contributed by atoms with E-state index in [9.17, 15) is 0 Å². The molecule has 86 valence electrons. The highest BCUT2D eigenvalue weighted by molar-refractivity contribution is 4.73. The SMILES string of the molecule is CCC(C)(C)CNCCCC(C)(C)N. The highest BCUT2D eigenvalue weighted by Crippen LogP contribution is 2.17. The van der Waals surface area contributed by atoms with Gasteiger partial charge in [-0.2, -0.15) is 0 Å². The summed E-state index contributed by atoms with van der Waals surface area (Å²) in [5.74, 6) is 0. The average Bonchev–Trinajstić information content (AvgIpc) is 2.01. The molecular weight excluding hydrogens is 172 g/mol. The lowest BCUT2D eigenvalue weighted by atomic mass is 9.90. The van der Waals surface area contributed by atoms with E-state index in [0.717, 1.165) is 19.5 Å². The van der Waals surface area contributed by atoms with Crippen molar-refractivity contribution in [3.8, 4) is 0 Å². The molecule has 0 aliphatic rings. The van der Waals surface area contributed by atoms with Crippen molar-refractivity contribution < 1.29 is 0 Å². The predicted molar refractivity (Wildman–Crippen MR) is 64.4 cm³/mol. The van der Waals surface area contributed by atoms with E-state index in [1.54, 1.807) is 0 Å². The molecular formula is C12H28N2. The van der Waals surface area contributed by atoms with Gasteiger partial charge in [-0.05, 0) is 45.1 Å². The van der Waals surface area contributed by atoms with Gasteiger partial charge in [0, 0.05) is 12.1 Å². The lowest BCUT2D eigenvalue weighted by Gasteiger charge is -2.24. The molecule has 0 aromatic rings. The summed E-state index contributed by atoms with van der Waals surface area (Å²) in [4.78, 5) is 0. The molecule has 0 atom stereocenters. The van der Waals surface area contributed by atoms with Crippen LogP contribution in [0.1, 0.15) is 53.9 Å². The van der Waals surface area contributed by atoms with Crippen LogP contribution in [0.2, 0.25) is 0 Å². The zero-order chi connectivity index (χ0) is 11.2. The molecule has 0 saturated carbocycles. The molecule has 0 unspecified atom stereocenters. The third kappa shape index (κ3) is 8.52. The minimum Gasteiger partial charge on any atom is -0.326 e. The standard InChI is InChI=1S/C12H28N2/c1-6-11(2,3)10-14-9-7-8-12(4,5)13/h14H,6-10,13H2,1-5H3. The van der Waals surface area contributed by atoms with Crippen molar-refractivity contribution in [3.05, 3.63) is 0 Å². The minimum absolute atomic E-state index is 0.0120. The van der Waals surface area contributed by atoms with Crippen molar-refractivity contribution in [3.63, 3.8) is 0 Å². The van der Waals surface area contributed by atoms with Gasteiger partial charge in [-0.3, -0.25) is 0 Å². The van der Waals surface area contributed by atoms with Crippen LogP contribution in [0.25, 0.3) is 0 Å². The second-order valence-corrected chi connectivity index (χ2v) is 5.79. The predicted octanol–water partition coefficient (Wildman–Crippen LogP) is 2.53. The highest BCUT2D eigenvalue weighted by atomic mass is 14.9. The third-order valence-electron chi connectivity index (χ3n) is 2.74. The largest absolute Gasteiger partial charge is 0.326 e. The fraction of sp³-hybridized carbons (Fsp3) is 1.00. The van der Waals surface area contributed by atoms with Crippen LogP contribution in [0.4, 0.5) is 0 Å². The van der Waals surface area contributed by atoms with E-state index in [0.29, 0.717) is 5.41 Å². The average molecular weight is 200 g/mol. The van der Waals surface area contributed by atoms with E-state index in [-0.39, 0.29) is 5.54 Å². The van der Waals surface area contributed by atoms with Gasteiger partial charge in [0.2, 0.25) is 0 Å². The molecule has 0 aromatic heterocycles. The van der Waals surface area contributed by atoms with Gasteiger partial charge in [0.1, 0.15) is 0 Å². The summed E-state index contributed by atoms with van der Waals surface area (Å²) in [7, 11) is 0. The fourth-order valence-corrected chi connectivity index (χ4v) is 1.22. The van der Waals surface area contributed by atoms with E-state index in [1.165, 1.54) is 12.8 Å². The maximum atomic E-state index is 5.90. The minimum atomic E-state index is -0.0120. The van der Waals surface area contributed by atoms with Crippen molar-refractivity contribution >= 4 is 0 Å². The zero-order valence-electron chi connectivity index (χ0n) is 10.6. The van der Waals surface area contributed by atoms with Crippen LogP contribution < -0.4 is 11.1 Å². The Balaban J connectivity index is 3.39. The first kappa shape index (κ1) is 13.9. The molecule has 0 aliphatic carbocycles. The van der Waals surface area contributed by atoms with Gasteiger partial charge < -0.3 is 11.1 Å². The molecule has 2 heteroatoms. The van der Waals surface area contributed by atoms with Crippen molar-refractivity contribution in [2.24, 2.45) is 11.1 Å². The normalized spacial score (nSPS) is 13.3. The summed E-state index contributed by atoms with van der Waals surface area (Å²) < 4.78 is 0. The summed E-state index contributed by atoms with van der Waals surface area (Å²) >= 11 is 0. The molecule has 0 saturated heterocycles. The Morgan fingerprint density at radius 3 is 2.14 bits per heavy atom. The zero-order valence-corrected chi connectivity index (χ0v) is 10.6. The van der Waals surface area contributed by atoms with Gasteiger partial charge in [-0.1, -0.05) is 20.8 Å². The van der Waals surface area contributed by atoms with Crippen LogP contribution in [0.3, 0.4) is 0 Å². The summed E-state index contributed by atoms with van der Waals surface area (Å²) in [6.45, 7) is 13.2. The first-order valence-corrected chi connectivity index (χ1v) is 5.76. The monoisotopic (exact) mass is 200 g/mol. The van der Waals surface area contributed by atoms with Crippen LogP contribution >= 0.6 is 0 Å². The maximum Gasteiger partial charge on any atom is 0.00975 e. The lowest BCUT2D eigenvalue weighted by Crippen LogP contribution is -2.34. The smallest absolute Gasteiger partial charge is 0.00975 e. The molecule has 14 heavy (non-hydrogen) atoms. The second-order valence-electron chi connectivity index (χ2n) is 5.79. The molecule has 0 heterocycles. The van der Waals surface area contributed by atoms with Gasteiger partial charge in [-0.15, -0.1) is 0 Å². The molecule has 0 radical (unpaired) electrons. The first-order chi connectivity index (χ1) is 6.27. The van der Waals surface area contributed by atoms with Crippen LogP contribution in [0.15, 0.2) is 0 Å². The van der Waals surface area contributed by atoms with Crippen LogP contribution in [-0.4, -0.2) is 18.6 Å². The van der Waals surface area contributed by atoms with Gasteiger partial charge in [0.25, 0.3) is 0 Å². The number of nitrogens with one attached hydrogen (secondary N) is 1. The van der Waals surface area contributed by atoms with Crippen LogP contribution in [0, 0.1) is 5.41 Å². The summed E-state index contributed by atoms with van der Waals surface area (Å²) in [5.41, 5.74) is 6.32. The summed E-state index contributed by atoms with van der Waals surface area (Å²) in [5, 5.41) is 3.49. The Bertz CT molecular complexity index is 145. The Hall–Kier alpha value is -0.0800. The first-order valence-electron chi connectivity index (χ1n) is 5.76. The Kier molecular flexibility index (Phi) is 5.68. The van der Waals surface area contributed by atoms with Crippen molar-refractivity contribution in [2.45, 2.75) is 59.4 Å². The number of rotatable bonds is 7. The van der Waals surface area contributed by atoms with E-state index in [4.69, 9.17) is 5.73 Å². The van der Waals surface area contributed by atoms with E-state index < -0.39 is 0 Å². The fourth-order valence-electron chi connectivity index (χ4n) is 1.22. The number of hydrogen-bond acceptors (Lipinski definition) is 2. The molecule has 0 amide bonds. The maximum absolute atomic E-state index is 5.90. The number of nitrogens with two attached hydrogens (primary N) is 1. The Labute approximate surface area is 89.6 Å². The van der Waals surface area contributed by atoms with Crippen molar-refractivity contribution in [2.75, 3.05) is 13.1 Å². The summed E-state index contributed by atoms with van der Waals surface area (Å²) in [6.07, 6.45) is 3.48. The molecule has 0 fully saturated rings. The third-order valence-corrected chi connectivity index (χ3v) is 2.74. The lowest BCUT2D eigenvalue weighted by molar-refractivity contribution is 0.324. The molecule has 3 N–H and O–H groups in total. The van der Waals surface area contributed by atoms with E-state index in [2.05, 4.69) is 39.9 Å². The topological polar surface area (TPSA) is 38.0 Å². The van der Waals surface area contributed by atoms with Crippen LogP contribution in [-0.2, 0) is 0 Å². The highest BCUT2D eigenvalue weighted by Gasteiger charge is 2.14. The van der Waals surface area contributed by atoms with Gasteiger partial charge in [-0.25, -0.2) is 0 Å². The molecule has 0 rings (SSSR count). The molecule has 0 aliphatic heterocycles. The van der Waals surface area contributed by atoms with Crippen LogP contribution in [0.5, 0.6) is 0 Å². The van der Waals surface area contributed by atoms with Crippen molar-refractivity contribution in [1.29, 1.82) is 0 Å². The Morgan fingerprint density at radius 2 is 1.71 bits per heavy atom. The van der Waals surface area contributed by atoms with Crippen molar-refractivity contribution in [1.82, 2.24) is 5.32 Å². The molecule has 2 nitrogen and oxygen atoms in total. The quantitative estimate of drug-likeness (QED) is 0.620. The van der Waals surface area contributed by atoms with E-state index in [1.807, 2.05) is 0 Å². The van der Waals surface area contributed by atoms with Gasteiger partial charge in [0.05, 0.1) is 0 Å². The van der Waals surface area contributed by atoms with Gasteiger partial charge in [0.15, 0.2) is 0 Å². The van der Waals surface area contributed by atoms with E-state index >= 15 is 0 Å². The number of hydrogen-bond donors (Lipinski definition) is 2. The molecule has 0 bridgehead atoms. The second kappa shape index (κ2) is 5.72. The molecule has 0 aromatic carbocycles. The molecule has 0 spiro atoms. The van der Waals surface area contributed by atoms with Gasteiger partial charge >= 0.3 is 0 Å². The Morgan fingerprint density at radius 1 is 1.14 bits per heavy atom.